The number of ether oxygens (including phenoxy) is 1. The normalized spacial score (nSPS) is 13.6. The van der Waals surface area contributed by atoms with Crippen LogP contribution in [0, 0.1) is 6.92 Å². The Balaban J connectivity index is 2.71. The van der Waals surface area contributed by atoms with Crippen LogP contribution >= 0.6 is 0 Å². The smallest absolute Gasteiger partial charge is 0.0468 e. The molecular weight excluding hydrogens is 222 g/mol. The summed E-state index contributed by atoms with van der Waals surface area (Å²) in [6.45, 7) is 10.6. The van der Waals surface area contributed by atoms with Crippen molar-refractivity contribution < 1.29 is 4.74 Å². The molecule has 0 aromatic heterocycles. The first-order valence-corrected chi connectivity index (χ1v) is 6.73. The molecule has 0 aliphatic carbocycles. The lowest BCUT2D eigenvalue weighted by Crippen LogP contribution is -2.38. The molecule has 1 aromatic rings. The number of methoxy groups -OCH3 is 1. The minimum atomic E-state index is 0.162. The third-order valence-corrected chi connectivity index (χ3v) is 3.06. The molecule has 1 rings (SSSR count). The monoisotopic (exact) mass is 249 g/mol. The highest BCUT2D eigenvalue weighted by Gasteiger charge is 2.15. The highest BCUT2D eigenvalue weighted by molar-refractivity contribution is 5.25. The Morgan fingerprint density at radius 2 is 2.00 bits per heavy atom. The zero-order chi connectivity index (χ0) is 13.6. The van der Waals surface area contributed by atoms with Crippen molar-refractivity contribution in [2.75, 3.05) is 20.3 Å². The van der Waals surface area contributed by atoms with Crippen LogP contribution in [0.2, 0.25) is 0 Å². The largest absolute Gasteiger partial charge is 0.385 e. The maximum absolute atomic E-state index is 5.23. The van der Waals surface area contributed by atoms with Gasteiger partial charge in [-0.25, -0.2) is 0 Å². The zero-order valence-electron chi connectivity index (χ0n) is 12.4. The van der Waals surface area contributed by atoms with Gasteiger partial charge in [-0.2, -0.15) is 0 Å². The van der Waals surface area contributed by atoms with E-state index in [9.17, 15) is 0 Å². The van der Waals surface area contributed by atoms with E-state index in [2.05, 4.69) is 57.3 Å². The summed E-state index contributed by atoms with van der Waals surface area (Å²) < 4.78 is 5.23. The van der Waals surface area contributed by atoms with Crippen LogP contribution in [0.3, 0.4) is 0 Å². The molecule has 0 aliphatic rings. The Morgan fingerprint density at radius 1 is 1.28 bits per heavy atom. The van der Waals surface area contributed by atoms with Gasteiger partial charge in [0, 0.05) is 25.8 Å². The minimum Gasteiger partial charge on any atom is -0.385 e. The Kier molecular flexibility index (Phi) is 5.83. The van der Waals surface area contributed by atoms with Crippen molar-refractivity contribution in [2.45, 2.75) is 45.6 Å². The average Bonchev–Trinajstić information content (AvgIpc) is 2.28. The molecule has 18 heavy (non-hydrogen) atoms. The number of aryl methyl sites for hydroxylation is 1. The van der Waals surface area contributed by atoms with Crippen molar-refractivity contribution in [1.82, 2.24) is 5.32 Å². The lowest BCUT2D eigenvalue weighted by atomic mass is 9.93. The molecule has 0 bridgehead atoms. The van der Waals surface area contributed by atoms with E-state index in [0.29, 0.717) is 5.92 Å². The lowest BCUT2D eigenvalue weighted by molar-refractivity contribution is 0.185. The first-order chi connectivity index (χ1) is 8.42. The standard InChI is InChI=1S/C16H27NO/c1-13-7-6-8-14(11-13)15(9-10-18-5)12-17-16(2,3)4/h6-8,11,15,17H,9-10,12H2,1-5H3. The first-order valence-electron chi connectivity index (χ1n) is 6.73. The molecule has 2 heteroatoms. The second-order valence-corrected chi connectivity index (χ2v) is 6.02. The topological polar surface area (TPSA) is 21.3 Å². The summed E-state index contributed by atoms with van der Waals surface area (Å²) in [6.07, 6.45) is 1.06. The summed E-state index contributed by atoms with van der Waals surface area (Å²) >= 11 is 0. The summed E-state index contributed by atoms with van der Waals surface area (Å²) in [6, 6.07) is 8.79. The SMILES string of the molecule is COCCC(CNC(C)(C)C)c1cccc(C)c1. The minimum absolute atomic E-state index is 0.162. The predicted molar refractivity (Wildman–Crippen MR) is 78.2 cm³/mol. The van der Waals surface area contributed by atoms with E-state index in [-0.39, 0.29) is 5.54 Å². The molecule has 1 unspecified atom stereocenters. The van der Waals surface area contributed by atoms with E-state index < -0.39 is 0 Å². The molecule has 2 nitrogen and oxygen atoms in total. The quantitative estimate of drug-likeness (QED) is 0.833. The van der Waals surface area contributed by atoms with E-state index in [0.717, 1.165) is 19.6 Å². The highest BCUT2D eigenvalue weighted by atomic mass is 16.5. The predicted octanol–water partition coefficient (Wildman–Crippen LogP) is 3.50. The number of nitrogens with one attached hydrogen (secondary N) is 1. The Morgan fingerprint density at radius 3 is 2.56 bits per heavy atom. The molecule has 102 valence electrons. The van der Waals surface area contributed by atoms with Crippen molar-refractivity contribution in [3.8, 4) is 0 Å². The van der Waals surface area contributed by atoms with Crippen LogP contribution in [0.4, 0.5) is 0 Å². The van der Waals surface area contributed by atoms with Crippen LogP contribution < -0.4 is 5.32 Å². The molecule has 0 fully saturated rings. The summed E-state index contributed by atoms with van der Waals surface area (Å²) in [5.41, 5.74) is 2.89. The lowest BCUT2D eigenvalue weighted by Gasteiger charge is -2.25. The summed E-state index contributed by atoms with van der Waals surface area (Å²) in [5.74, 6) is 0.518. The van der Waals surface area contributed by atoms with Gasteiger partial charge < -0.3 is 10.1 Å². The average molecular weight is 249 g/mol. The second-order valence-electron chi connectivity index (χ2n) is 6.02. The molecule has 1 atom stereocenters. The Hall–Kier alpha value is -0.860. The number of hydrogen-bond donors (Lipinski definition) is 1. The molecule has 0 amide bonds. The van der Waals surface area contributed by atoms with E-state index in [1.807, 2.05) is 0 Å². The van der Waals surface area contributed by atoms with E-state index in [4.69, 9.17) is 4.74 Å². The molecule has 0 aliphatic heterocycles. The van der Waals surface area contributed by atoms with Crippen LogP contribution in [0.25, 0.3) is 0 Å². The molecule has 0 radical (unpaired) electrons. The molecule has 0 saturated heterocycles. The van der Waals surface area contributed by atoms with Gasteiger partial charge in [0.2, 0.25) is 0 Å². The van der Waals surface area contributed by atoms with Gasteiger partial charge in [0.25, 0.3) is 0 Å². The van der Waals surface area contributed by atoms with Crippen LogP contribution in [-0.4, -0.2) is 25.8 Å². The first kappa shape index (κ1) is 15.2. The van der Waals surface area contributed by atoms with E-state index in [1.165, 1.54) is 11.1 Å². The van der Waals surface area contributed by atoms with Crippen molar-refractivity contribution >= 4 is 0 Å². The molecule has 1 aromatic carbocycles. The van der Waals surface area contributed by atoms with E-state index in [1.54, 1.807) is 7.11 Å². The maximum Gasteiger partial charge on any atom is 0.0468 e. The van der Waals surface area contributed by atoms with Gasteiger partial charge in [-0.1, -0.05) is 29.8 Å². The molecule has 0 saturated carbocycles. The summed E-state index contributed by atoms with van der Waals surface area (Å²) in [7, 11) is 1.77. The van der Waals surface area contributed by atoms with Gasteiger partial charge in [-0.05, 0) is 45.6 Å². The second kappa shape index (κ2) is 6.91. The number of hydrogen-bond acceptors (Lipinski definition) is 2. The fourth-order valence-electron chi connectivity index (χ4n) is 2.00. The van der Waals surface area contributed by atoms with Crippen molar-refractivity contribution in [3.05, 3.63) is 35.4 Å². The number of rotatable bonds is 6. The molecule has 1 N–H and O–H groups in total. The molecule has 0 heterocycles. The van der Waals surface area contributed by atoms with Gasteiger partial charge in [-0.3, -0.25) is 0 Å². The Bertz CT molecular complexity index is 354. The van der Waals surface area contributed by atoms with Crippen LogP contribution in [0.5, 0.6) is 0 Å². The van der Waals surface area contributed by atoms with Crippen molar-refractivity contribution in [2.24, 2.45) is 0 Å². The zero-order valence-corrected chi connectivity index (χ0v) is 12.4. The Labute approximate surface area is 112 Å². The summed E-state index contributed by atoms with van der Waals surface area (Å²) in [5, 5.41) is 3.59. The van der Waals surface area contributed by atoms with Gasteiger partial charge in [0.05, 0.1) is 0 Å². The third kappa shape index (κ3) is 5.65. The molecule has 0 spiro atoms. The van der Waals surface area contributed by atoms with Crippen LogP contribution in [-0.2, 0) is 4.74 Å². The highest BCUT2D eigenvalue weighted by Crippen LogP contribution is 2.21. The van der Waals surface area contributed by atoms with Gasteiger partial charge >= 0.3 is 0 Å². The van der Waals surface area contributed by atoms with Crippen molar-refractivity contribution in [3.63, 3.8) is 0 Å². The van der Waals surface area contributed by atoms with E-state index >= 15 is 0 Å². The summed E-state index contributed by atoms with van der Waals surface area (Å²) in [4.78, 5) is 0. The van der Waals surface area contributed by atoms with Crippen molar-refractivity contribution in [1.29, 1.82) is 0 Å². The van der Waals surface area contributed by atoms with Crippen LogP contribution in [0.1, 0.15) is 44.2 Å². The van der Waals surface area contributed by atoms with Gasteiger partial charge in [0.15, 0.2) is 0 Å². The van der Waals surface area contributed by atoms with Gasteiger partial charge in [0.1, 0.15) is 0 Å². The fourth-order valence-corrected chi connectivity index (χ4v) is 2.00. The maximum atomic E-state index is 5.23. The van der Waals surface area contributed by atoms with Crippen LogP contribution in [0.15, 0.2) is 24.3 Å². The molecular formula is C16H27NO. The third-order valence-electron chi connectivity index (χ3n) is 3.06. The number of benzene rings is 1. The van der Waals surface area contributed by atoms with Gasteiger partial charge in [-0.15, -0.1) is 0 Å². The fraction of sp³-hybridized carbons (Fsp3) is 0.625.